The van der Waals surface area contributed by atoms with Gasteiger partial charge in [0.1, 0.15) is 10.7 Å². The summed E-state index contributed by atoms with van der Waals surface area (Å²) in [4.78, 5) is 41.7. The van der Waals surface area contributed by atoms with Crippen LogP contribution in [0.4, 0.5) is 11.4 Å². The van der Waals surface area contributed by atoms with Crippen LogP contribution >= 0.6 is 11.6 Å². The lowest BCUT2D eigenvalue weighted by atomic mass is 10.1. The molecule has 7 heteroatoms. The minimum absolute atomic E-state index is 0.0142. The molecule has 0 atom stereocenters. The number of benzene rings is 3. The molecule has 0 bridgehead atoms. The van der Waals surface area contributed by atoms with Crippen LogP contribution < -0.4 is 10.2 Å². The van der Waals surface area contributed by atoms with Gasteiger partial charge in [0.05, 0.1) is 0 Å². The molecule has 178 valence electrons. The van der Waals surface area contributed by atoms with E-state index in [2.05, 4.69) is 5.32 Å². The molecule has 0 aliphatic carbocycles. The van der Waals surface area contributed by atoms with Crippen LogP contribution in [0.5, 0.6) is 0 Å². The van der Waals surface area contributed by atoms with Gasteiger partial charge in [-0.3, -0.25) is 19.3 Å². The monoisotopic (exact) mass is 487 g/mol. The zero-order valence-electron chi connectivity index (χ0n) is 19.6. The molecule has 1 N–H and O–H groups in total. The Hall–Kier alpha value is -3.90. The number of amides is 3. The number of imide groups is 1. The highest BCUT2D eigenvalue weighted by molar-refractivity contribution is 6.48. The number of hydrogen-bond acceptors (Lipinski definition) is 4. The summed E-state index contributed by atoms with van der Waals surface area (Å²) in [6, 6.07) is 24.2. The Morgan fingerprint density at radius 3 is 2.40 bits per heavy atom. The average Bonchev–Trinajstić information content (AvgIpc) is 3.07. The molecule has 1 aliphatic heterocycles. The lowest BCUT2D eigenvalue weighted by Gasteiger charge is -2.22. The van der Waals surface area contributed by atoms with E-state index in [1.165, 1.54) is 0 Å². The zero-order valence-corrected chi connectivity index (χ0v) is 20.4. The van der Waals surface area contributed by atoms with E-state index in [1.54, 1.807) is 29.2 Å². The molecular weight excluding hydrogens is 462 g/mol. The lowest BCUT2D eigenvalue weighted by Crippen LogP contribution is -2.34. The van der Waals surface area contributed by atoms with Crippen LogP contribution in [0.2, 0.25) is 0 Å². The topological polar surface area (TPSA) is 69.7 Å². The number of halogens is 1. The first-order valence-electron chi connectivity index (χ1n) is 11.4. The zero-order chi connectivity index (χ0) is 24.9. The molecule has 0 aromatic heterocycles. The molecule has 0 unspecified atom stereocenters. The predicted octanol–water partition coefficient (Wildman–Crippen LogP) is 5.14. The molecule has 0 spiro atoms. The van der Waals surface area contributed by atoms with E-state index in [9.17, 15) is 14.4 Å². The van der Waals surface area contributed by atoms with Gasteiger partial charge in [0.2, 0.25) is 0 Å². The Bertz CT molecular complexity index is 1300. The number of nitrogens with one attached hydrogen (secondary N) is 1. The summed E-state index contributed by atoms with van der Waals surface area (Å²) >= 11 is 6.25. The Kier molecular flexibility index (Phi) is 7.32. The van der Waals surface area contributed by atoms with Gasteiger partial charge in [-0.15, -0.1) is 0 Å². The second kappa shape index (κ2) is 10.6. The van der Waals surface area contributed by atoms with Crippen molar-refractivity contribution in [2.45, 2.75) is 20.3 Å². The number of hydrogen-bond donors (Lipinski definition) is 1. The van der Waals surface area contributed by atoms with Gasteiger partial charge >= 0.3 is 0 Å². The summed E-state index contributed by atoms with van der Waals surface area (Å²) in [5, 5.41) is 2.81. The van der Waals surface area contributed by atoms with Gasteiger partial charge in [0, 0.05) is 30.0 Å². The molecule has 0 fully saturated rings. The first-order valence-corrected chi connectivity index (χ1v) is 11.8. The van der Waals surface area contributed by atoms with Gasteiger partial charge in [0.25, 0.3) is 17.7 Å². The number of rotatable bonds is 8. The van der Waals surface area contributed by atoms with Crippen LogP contribution in [-0.4, -0.2) is 35.7 Å². The van der Waals surface area contributed by atoms with Crippen molar-refractivity contribution in [1.82, 2.24) is 4.90 Å². The Balaban J connectivity index is 1.50. The van der Waals surface area contributed by atoms with Crippen LogP contribution in [0.3, 0.4) is 0 Å². The van der Waals surface area contributed by atoms with Crippen molar-refractivity contribution in [2.75, 3.05) is 23.3 Å². The quantitative estimate of drug-likeness (QED) is 0.447. The second-order valence-electron chi connectivity index (χ2n) is 8.28. The largest absolute Gasteiger partial charge is 0.350 e. The normalized spacial score (nSPS) is 13.4. The van der Waals surface area contributed by atoms with E-state index in [0.717, 1.165) is 21.7 Å². The fourth-order valence-corrected chi connectivity index (χ4v) is 4.24. The van der Waals surface area contributed by atoms with Gasteiger partial charge in [-0.25, -0.2) is 0 Å². The van der Waals surface area contributed by atoms with Crippen LogP contribution in [0.15, 0.2) is 89.6 Å². The molecule has 1 aliphatic rings. The van der Waals surface area contributed by atoms with E-state index in [4.69, 9.17) is 11.6 Å². The van der Waals surface area contributed by atoms with E-state index >= 15 is 0 Å². The van der Waals surface area contributed by atoms with Gasteiger partial charge in [-0.05, 0) is 61.7 Å². The third kappa shape index (κ3) is 5.28. The standard InChI is InChI=1S/C28H26ClN3O3/c1-3-31(23-14-7-9-19(2)17-23)26(33)21-12-8-13-22(18-21)30-25-24(29)27(34)32(28(25)35)16-15-20-10-5-4-6-11-20/h4-14,17-18,30H,3,15-16H2,1-2H3. The summed E-state index contributed by atoms with van der Waals surface area (Å²) < 4.78 is 0. The molecule has 35 heavy (non-hydrogen) atoms. The van der Waals surface area contributed by atoms with Crippen LogP contribution in [0.25, 0.3) is 0 Å². The maximum absolute atomic E-state index is 13.3. The average molecular weight is 488 g/mol. The Morgan fingerprint density at radius 1 is 0.943 bits per heavy atom. The van der Waals surface area contributed by atoms with Gasteiger partial charge in [-0.2, -0.15) is 0 Å². The van der Waals surface area contributed by atoms with E-state index in [-0.39, 0.29) is 23.2 Å². The van der Waals surface area contributed by atoms with Crippen molar-refractivity contribution < 1.29 is 14.4 Å². The molecule has 0 saturated carbocycles. The number of anilines is 2. The highest BCUT2D eigenvalue weighted by Crippen LogP contribution is 2.27. The minimum atomic E-state index is -0.529. The van der Waals surface area contributed by atoms with Crippen molar-refractivity contribution in [1.29, 1.82) is 0 Å². The predicted molar refractivity (Wildman–Crippen MR) is 138 cm³/mol. The summed E-state index contributed by atoms with van der Waals surface area (Å²) in [6.45, 7) is 4.62. The lowest BCUT2D eigenvalue weighted by molar-refractivity contribution is -0.137. The van der Waals surface area contributed by atoms with E-state index in [0.29, 0.717) is 24.2 Å². The first kappa shape index (κ1) is 24.2. The molecule has 3 amide bonds. The molecular formula is C28H26ClN3O3. The number of nitrogens with zero attached hydrogens (tertiary/aromatic N) is 2. The summed E-state index contributed by atoms with van der Waals surface area (Å²) in [7, 11) is 0. The Morgan fingerprint density at radius 2 is 1.69 bits per heavy atom. The molecule has 0 radical (unpaired) electrons. The second-order valence-corrected chi connectivity index (χ2v) is 8.66. The number of carbonyl (C=O) groups is 3. The van der Waals surface area contributed by atoms with Crippen molar-refractivity contribution in [3.8, 4) is 0 Å². The van der Waals surface area contributed by atoms with Gasteiger partial charge in [0.15, 0.2) is 0 Å². The van der Waals surface area contributed by atoms with Crippen LogP contribution in [0, 0.1) is 6.92 Å². The van der Waals surface area contributed by atoms with E-state index in [1.807, 2.05) is 68.4 Å². The smallest absolute Gasteiger partial charge is 0.278 e. The van der Waals surface area contributed by atoms with Crippen molar-refractivity contribution in [3.63, 3.8) is 0 Å². The molecule has 3 aromatic rings. The first-order chi connectivity index (χ1) is 16.9. The highest BCUT2D eigenvalue weighted by Gasteiger charge is 2.37. The van der Waals surface area contributed by atoms with Crippen molar-refractivity contribution >= 4 is 40.7 Å². The van der Waals surface area contributed by atoms with Crippen LogP contribution in [0.1, 0.15) is 28.4 Å². The van der Waals surface area contributed by atoms with Crippen molar-refractivity contribution in [3.05, 3.63) is 106 Å². The third-order valence-electron chi connectivity index (χ3n) is 5.83. The fraction of sp³-hybridized carbons (Fsp3) is 0.179. The maximum atomic E-state index is 13.3. The SMILES string of the molecule is CCN(C(=O)c1cccc(NC2=C(Cl)C(=O)N(CCc3ccccc3)C2=O)c1)c1cccc(C)c1. The van der Waals surface area contributed by atoms with Crippen LogP contribution in [-0.2, 0) is 16.0 Å². The highest BCUT2D eigenvalue weighted by atomic mass is 35.5. The summed E-state index contributed by atoms with van der Waals surface area (Å²) in [5.74, 6) is -1.18. The number of aryl methyl sites for hydroxylation is 1. The molecule has 3 aromatic carbocycles. The fourth-order valence-electron chi connectivity index (χ4n) is 4.01. The molecule has 1 heterocycles. The Labute approximate surface area is 209 Å². The molecule has 0 saturated heterocycles. The van der Waals surface area contributed by atoms with Gasteiger partial charge in [-0.1, -0.05) is 60.1 Å². The number of carbonyl (C=O) groups excluding carboxylic acids is 3. The minimum Gasteiger partial charge on any atom is -0.350 e. The molecule has 6 nitrogen and oxygen atoms in total. The summed E-state index contributed by atoms with van der Waals surface area (Å²) in [6.07, 6.45) is 0.533. The van der Waals surface area contributed by atoms with Gasteiger partial charge < -0.3 is 10.2 Å². The van der Waals surface area contributed by atoms with E-state index < -0.39 is 11.8 Å². The third-order valence-corrected chi connectivity index (χ3v) is 6.18. The maximum Gasteiger partial charge on any atom is 0.278 e. The van der Waals surface area contributed by atoms with Crippen molar-refractivity contribution in [2.24, 2.45) is 0 Å². The molecule has 4 rings (SSSR count). The summed E-state index contributed by atoms with van der Waals surface area (Å²) in [5.41, 5.74) is 3.86.